The molecule has 0 aliphatic rings. The van der Waals surface area contributed by atoms with Gasteiger partial charge in [0.1, 0.15) is 23.0 Å². The summed E-state index contributed by atoms with van der Waals surface area (Å²) < 4.78 is 4.22. The predicted octanol–water partition coefficient (Wildman–Crippen LogP) is 3.76. The van der Waals surface area contributed by atoms with Crippen molar-refractivity contribution in [3.05, 3.63) is 71.8 Å². The second-order valence-electron chi connectivity index (χ2n) is 3.76. The van der Waals surface area contributed by atoms with Crippen molar-refractivity contribution in [1.82, 2.24) is 0 Å². The second kappa shape index (κ2) is 9.08. The molecule has 0 saturated heterocycles. The van der Waals surface area contributed by atoms with E-state index in [4.69, 9.17) is 5.73 Å². The van der Waals surface area contributed by atoms with Gasteiger partial charge in [-0.3, -0.25) is 0 Å². The fourth-order valence-electron chi connectivity index (χ4n) is 1.84. The molecule has 0 aromatic heterocycles. The average Bonchev–Trinajstić information content (AvgIpc) is 2.43. The zero-order valence-corrected chi connectivity index (χ0v) is 12.6. The van der Waals surface area contributed by atoms with Crippen LogP contribution in [-0.2, 0) is 3.07 Å². The molecular weight excluding hydrogens is 337 g/mol. The van der Waals surface area contributed by atoms with Crippen molar-refractivity contribution < 1.29 is 3.07 Å². The standard InChI is InChI=1S/C14H15N.CH3IO/c15-11-14(12-7-3-1-4-8-12)13-9-5-2-6-10-13;1-3-2/h1-10,14H,11,15H2;1H3. The molecule has 0 bridgehead atoms. The first-order valence-electron chi connectivity index (χ1n) is 5.78. The molecule has 18 heavy (non-hydrogen) atoms. The third-order valence-corrected chi connectivity index (χ3v) is 2.64. The van der Waals surface area contributed by atoms with Gasteiger partial charge in [0.15, 0.2) is 0 Å². The Labute approximate surface area is 123 Å². The molecule has 0 radical (unpaired) electrons. The minimum Gasteiger partial charge on any atom is -0.330 e. The summed E-state index contributed by atoms with van der Waals surface area (Å²) in [6, 6.07) is 20.8. The van der Waals surface area contributed by atoms with Gasteiger partial charge in [0.25, 0.3) is 0 Å². The molecule has 0 atom stereocenters. The van der Waals surface area contributed by atoms with Gasteiger partial charge in [-0.15, -0.1) is 0 Å². The fourth-order valence-corrected chi connectivity index (χ4v) is 1.84. The van der Waals surface area contributed by atoms with Gasteiger partial charge in [-0.25, -0.2) is 0 Å². The molecule has 2 N–H and O–H groups in total. The van der Waals surface area contributed by atoms with Crippen molar-refractivity contribution >= 4 is 23.0 Å². The molecule has 0 fully saturated rings. The second-order valence-corrected chi connectivity index (χ2v) is 4.64. The van der Waals surface area contributed by atoms with E-state index in [-0.39, 0.29) is 0 Å². The first-order valence-corrected chi connectivity index (χ1v) is 6.66. The number of hydrogen-bond donors (Lipinski definition) is 1. The first kappa shape index (κ1) is 15.1. The van der Waals surface area contributed by atoms with Crippen LogP contribution in [0, 0.1) is 0 Å². The molecule has 0 heterocycles. The molecule has 2 rings (SSSR count). The summed E-state index contributed by atoms with van der Waals surface area (Å²) >= 11 is 1.79. The van der Waals surface area contributed by atoms with E-state index in [0.29, 0.717) is 12.5 Å². The van der Waals surface area contributed by atoms with Crippen LogP contribution in [0.5, 0.6) is 0 Å². The third-order valence-electron chi connectivity index (χ3n) is 2.64. The van der Waals surface area contributed by atoms with Crippen LogP contribution in [0.1, 0.15) is 17.0 Å². The Balaban J connectivity index is 0.000000492. The van der Waals surface area contributed by atoms with E-state index in [1.165, 1.54) is 11.1 Å². The van der Waals surface area contributed by atoms with E-state index >= 15 is 0 Å². The van der Waals surface area contributed by atoms with Gasteiger partial charge in [-0.1, -0.05) is 60.7 Å². The number of nitrogens with two attached hydrogens (primary N) is 1. The van der Waals surface area contributed by atoms with Gasteiger partial charge in [0, 0.05) is 19.6 Å². The molecule has 0 saturated carbocycles. The Hall–Kier alpha value is -0.910. The van der Waals surface area contributed by atoms with Crippen molar-refractivity contribution in [1.29, 1.82) is 0 Å². The Kier molecular flexibility index (Phi) is 7.64. The van der Waals surface area contributed by atoms with Crippen LogP contribution in [-0.4, -0.2) is 13.7 Å². The maximum Gasteiger partial charge on any atom is 0.109 e. The highest BCUT2D eigenvalue weighted by Crippen LogP contribution is 2.22. The fraction of sp³-hybridized carbons (Fsp3) is 0.200. The van der Waals surface area contributed by atoms with E-state index in [1.807, 2.05) is 12.1 Å². The lowest BCUT2D eigenvalue weighted by molar-refractivity contribution is 0.556. The Morgan fingerprint density at radius 2 is 1.28 bits per heavy atom. The smallest absolute Gasteiger partial charge is 0.109 e. The van der Waals surface area contributed by atoms with Crippen LogP contribution < -0.4 is 5.73 Å². The Morgan fingerprint density at radius 1 is 0.944 bits per heavy atom. The normalized spacial score (nSPS) is 9.78. The van der Waals surface area contributed by atoms with Crippen LogP contribution in [0.2, 0.25) is 0 Å². The summed E-state index contributed by atoms with van der Waals surface area (Å²) in [5.41, 5.74) is 8.40. The molecule has 3 heteroatoms. The predicted molar refractivity (Wildman–Crippen MR) is 84.8 cm³/mol. The topological polar surface area (TPSA) is 35.2 Å². The summed E-state index contributed by atoms with van der Waals surface area (Å²) in [4.78, 5) is 0. The summed E-state index contributed by atoms with van der Waals surface area (Å²) in [6.45, 7) is 0.647. The summed E-state index contributed by atoms with van der Waals surface area (Å²) in [7, 11) is 1.61. The molecule has 0 amide bonds. The zero-order chi connectivity index (χ0) is 13.2. The van der Waals surface area contributed by atoms with Crippen molar-refractivity contribution in [2.75, 3.05) is 13.7 Å². The lowest BCUT2D eigenvalue weighted by Crippen LogP contribution is -2.13. The highest BCUT2D eigenvalue weighted by Gasteiger charge is 2.10. The van der Waals surface area contributed by atoms with Gasteiger partial charge in [-0.2, -0.15) is 0 Å². The maximum absolute atomic E-state index is 5.84. The molecule has 0 spiro atoms. The summed E-state index contributed by atoms with van der Waals surface area (Å²) in [6.07, 6.45) is 0. The van der Waals surface area contributed by atoms with Crippen LogP contribution in [0.3, 0.4) is 0 Å². The van der Waals surface area contributed by atoms with Gasteiger partial charge in [-0.05, 0) is 11.1 Å². The molecule has 2 nitrogen and oxygen atoms in total. The number of halogens is 1. The first-order chi connectivity index (χ1) is 8.83. The van der Waals surface area contributed by atoms with Crippen LogP contribution in [0.4, 0.5) is 0 Å². The van der Waals surface area contributed by atoms with Crippen LogP contribution in [0.25, 0.3) is 0 Å². The van der Waals surface area contributed by atoms with Gasteiger partial charge in [0.05, 0.1) is 0 Å². The average molecular weight is 355 g/mol. The van der Waals surface area contributed by atoms with Crippen molar-refractivity contribution in [3.63, 3.8) is 0 Å². The highest BCUT2D eigenvalue weighted by molar-refractivity contribution is 14.1. The summed E-state index contributed by atoms with van der Waals surface area (Å²) in [5.74, 6) is 0.312. The molecule has 2 aromatic rings. The SMILES string of the molecule is COI.NCC(c1ccccc1)c1ccccc1. The minimum atomic E-state index is 0.312. The lowest BCUT2D eigenvalue weighted by Gasteiger charge is -2.15. The monoisotopic (exact) mass is 355 g/mol. The van der Waals surface area contributed by atoms with Crippen molar-refractivity contribution in [3.8, 4) is 0 Å². The number of rotatable bonds is 3. The van der Waals surface area contributed by atoms with E-state index in [9.17, 15) is 0 Å². The van der Waals surface area contributed by atoms with E-state index in [2.05, 4.69) is 51.6 Å². The minimum absolute atomic E-state index is 0.312. The number of hydrogen-bond acceptors (Lipinski definition) is 2. The van der Waals surface area contributed by atoms with E-state index in [1.54, 1.807) is 30.1 Å². The van der Waals surface area contributed by atoms with Gasteiger partial charge >= 0.3 is 0 Å². The Bertz CT molecular complexity index is 380. The zero-order valence-electron chi connectivity index (χ0n) is 10.4. The summed E-state index contributed by atoms with van der Waals surface area (Å²) in [5, 5.41) is 0. The third kappa shape index (κ3) is 4.76. The van der Waals surface area contributed by atoms with Crippen molar-refractivity contribution in [2.45, 2.75) is 5.92 Å². The van der Waals surface area contributed by atoms with Gasteiger partial charge < -0.3 is 8.80 Å². The molecule has 0 aliphatic heterocycles. The Morgan fingerprint density at radius 3 is 1.56 bits per heavy atom. The quantitative estimate of drug-likeness (QED) is 0.851. The van der Waals surface area contributed by atoms with Gasteiger partial charge in [0.2, 0.25) is 0 Å². The lowest BCUT2D eigenvalue weighted by atomic mass is 9.92. The molecular formula is C15H18INO. The van der Waals surface area contributed by atoms with Crippen molar-refractivity contribution in [2.24, 2.45) is 5.73 Å². The number of benzene rings is 2. The van der Waals surface area contributed by atoms with Crippen LogP contribution >= 0.6 is 23.0 Å². The largest absolute Gasteiger partial charge is 0.330 e. The van der Waals surface area contributed by atoms with E-state index in [0.717, 1.165) is 0 Å². The maximum atomic E-state index is 5.84. The molecule has 96 valence electrons. The van der Waals surface area contributed by atoms with E-state index < -0.39 is 0 Å². The van der Waals surface area contributed by atoms with Crippen LogP contribution in [0.15, 0.2) is 60.7 Å². The molecule has 0 aliphatic carbocycles. The molecule has 0 unspecified atom stereocenters. The highest BCUT2D eigenvalue weighted by atomic mass is 127. The molecule has 2 aromatic carbocycles.